The van der Waals surface area contributed by atoms with Crippen molar-refractivity contribution in [1.29, 1.82) is 0 Å². The lowest BCUT2D eigenvalue weighted by Gasteiger charge is -2.28. The fourth-order valence-corrected chi connectivity index (χ4v) is 3.92. The molecule has 1 saturated heterocycles. The van der Waals surface area contributed by atoms with Crippen LogP contribution >= 0.6 is 11.8 Å². The molecule has 2 heterocycles. The van der Waals surface area contributed by atoms with Gasteiger partial charge in [0.25, 0.3) is 5.91 Å². The minimum atomic E-state index is -0.478. The third kappa shape index (κ3) is 6.74. The van der Waals surface area contributed by atoms with E-state index >= 15 is 0 Å². The van der Waals surface area contributed by atoms with Gasteiger partial charge in [0.05, 0.1) is 5.75 Å². The lowest BCUT2D eigenvalue weighted by Crippen LogP contribution is -2.29. The van der Waals surface area contributed by atoms with Gasteiger partial charge in [-0.2, -0.15) is 0 Å². The van der Waals surface area contributed by atoms with Crippen molar-refractivity contribution in [3.8, 4) is 0 Å². The highest BCUT2D eigenvalue weighted by molar-refractivity contribution is 7.99. The Kier molecular flexibility index (Phi) is 7.46. The van der Waals surface area contributed by atoms with Gasteiger partial charge in [0.15, 0.2) is 11.8 Å². The minimum absolute atomic E-state index is 0.0563. The van der Waals surface area contributed by atoms with Crippen LogP contribution in [0.5, 0.6) is 0 Å². The predicted molar refractivity (Wildman–Crippen MR) is 114 cm³/mol. The predicted octanol–water partition coefficient (Wildman–Crippen LogP) is 3.36. The summed E-state index contributed by atoms with van der Waals surface area (Å²) in [7, 11) is 0. The summed E-state index contributed by atoms with van der Waals surface area (Å²) in [6, 6.07) is 9.63. The first-order chi connectivity index (χ1) is 14.0. The largest absolute Gasteiger partial charge is 0.455 e. The second-order valence-corrected chi connectivity index (χ2v) is 7.97. The van der Waals surface area contributed by atoms with Crippen LogP contribution in [0.25, 0.3) is 0 Å². The number of ether oxygens (including phenoxy) is 1. The lowest BCUT2D eigenvalue weighted by atomic mass is 10.1. The Bertz CT molecular complexity index is 831. The third-order valence-electron chi connectivity index (χ3n) is 4.52. The summed E-state index contributed by atoms with van der Waals surface area (Å²) in [5, 5.41) is 3.28. The molecule has 0 bridgehead atoms. The van der Waals surface area contributed by atoms with Crippen molar-refractivity contribution in [2.45, 2.75) is 38.3 Å². The van der Waals surface area contributed by atoms with E-state index in [4.69, 9.17) is 4.74 Å². The average molecular weight is 415 g/mol. The van der Waals surface area contributed by atoms with Crippen LogP contribution in [0.3, 0.4) is 0 Å². The van der Waals surface area contributed by atoms with Crippen molar-refractivity contribution < 1.29 is 14.3 Å². The number of hydrogen-bond acceptors (Lipinski definition) is 7. The van der Waals surface area contributed by atoms with Crippen molar-refractivity contribution in [3.63, 3.8) is 0 Å². The Morgan fingerprint density at radius 2 is 1.72 bits per heavy atom. The number of amides is 1. The van der Waals surface area contributed by atoms with Gasteiger partial charge in [-0.15, -0.1) is 0 Å². The summed E-state index contributed by atoms with van der Waals surface area (Å²) < 4.78 is 5.04. The molecule has 0 atom stereocenters. The maximum Gasteiger partial charge on any atom is 0.316 e. The summed E-state index contributed by atoms with van der Waals surface area (Å²) in [5.41, 5.74) is 3.54. The quantitative estimate of drug-likeness (QED) is 0.422. The van der Waals surface area contributed by atoms with E-state index in [0.717, 1.165) is 24.5 Å². The molecule has 3 rings (SSSR count). The van der Waals surface area contributed by atoms with Gasteiger partial charge in [-0.1, -0.05) is 11.8 Å². The number of esters is 1. The number of aryl methyl sites for hydroxylation is 2. The molecule has 1 fully saturated rings. The molecule has 29 heavy (non-hydrogen) atoms. The van der Waals surface area contributed by atoms with Gasteiger partial charge in [-0.05, 0) is 63.4 Å². The third-order valence-corrected chi connectivity index (χ3v) is 5.34. The first-order valence-corrected chi connectivity index (χ1v) is 10.7. The van der Waals surface area contributed by atoms with Gasteiger partial charge in [0.2, 0.25) is 0 Å². The second kappa shape index (κ2) is 10.2. The first kappa shape index (κ1) is 21.1. The molecule has 0 saturated carbocycles. The zero-order chi connectivity index (χ0) is 20.6. The van der Waals surface area contributed by atoms with Gasteiger partial charge in [0.1, 0.15) is 0 Å². The van der Waals surface area contributed by atoms with Crippen LogP contribution < -0.4 is 10.2 Å². The molecule has 1 aliphatic heterocycles. The van der Waals surface area contributed by atoms with E-state index in [1.165, 1.54) is 36.7 Å². The number of thioether (sulfide) groups is 1. The monoisotopic (exact) mass is 414 g/mol. The van der Waals surface area contributed by atoms with Crippen molar-refractivity contribution in [2.75, 3.05) is 35.7 Å². The maximum atomic E-state index is 12.0. The highest BCUT2D eigenvalue weighted by Gasteiger charge is 2.12. The molecule has 1 aliphatic rings. The smallest absolute Gasteiger partial charge is 0.316 e. The van der Waals surface area contributed by atoms with E-state index in [2.05, 4.69) is 20.2 Å². The van der Waals surface area contributed by atoms with Crippen molar-refractivity contribution in [1.82, 2.24) is 9.97 Å². The second-order valence-electron chi connectivity index (χ2n) is 7.03. The lowest BCUT2D eigenvalue weighted by molar-refractivity contribution is -0.144. The molecular formula is C21H26N4O3S. The molecule has 7 nitrogen and oxygen atoms in total. The summed E-state index contributed by atoms with van der Waals surface area (Å²) >= 11 is 1.19. The van der Waals surface area contributed by atoms with E-state index < -0.39 is 5.97 Å². The summed E-state index contributed by atoms with van der Waals surface area (Å²) in [6.07, 6.45) is 3.73. The summed E-state index contributed by atoms with van der Waals surface area (Å²) in [5.74, 6) is -0.786. The number of carbonyl (C=O) groups excluding carboxylic acids is 2. The molecule has 0 aliphatic carbocycles. The van der Waals surface area contributed by atoms with Crippen LogP contribution in [0, 0.1) is 13.8 Å². The van der Waals surface area contributed by atoms with Gasteiger partial charge in [-0.3, -0.25) is 9.59 Å². The zero-order valence-corrected chi connectivity index (χ0v) is 17.6. The summed E-state index contributed by atoms with van der Waals surface area (Å²) in [4.78, 5) is 34.8. The number of carbonyl (C=O) groups is 2. The van der Waals surface area contributed by atoms with Crippen molar-refractivity contribution in [2.24, 2.45) is 0 Å². The number of aromatic nitrogens is 2. The van der Waals surface area contributed by atoms with Crippen LogP contribution in [-0.2, 0) is 14.3 Å². The molecule has 1 aromatic heterocycles. The highest BCUT2D eigenvalue weighted by atomic mass is 32.2. The first-order valence-electron chi connectivity index (χ1n) is 9.75. The molecule has 1 N–H and O–H groups in total. The van der Waals surface area contributed by atoms with Gasteiger partial charge >= 0.3 is 5.97 Å². The van der Waals surface area contributed by atoms with Gasteiger partial charge < -0.3 is 15.0 Å². The number of nitrogens with zero attached hydrogens (tertiary/aromatic N) is 3. The van der Waals surface area contributed by atoms with Crippen molar-refractivity contribution >= 4 is 35.0 Å². The van der Waals surface area contributed by atoms with Crippen LogP contribution in [-0.4, -0.2) is 47.3 Å². The molecular weight excluding hydrogens is 388 g/mol. The molecule has 154 valence electrons. The summed E-state index contributed by atoms with van der Waals surface area (Å²) in [6.45, 7) is 5.58. The van der Waals surface area contributed by atoms with E-state index in [9.17, 15) is 9.59 Å². The Morgan fingerprint density at radius 1 is 1.07 bits per heavy atom. The Balaban J connectivity index is 1.40. The molecule has 0 radical (unpaired) electrons. The van der Waals surface area contributed by atoms with Gasteiger partial charge in [0, 0.05) is 35.9 Å². The maximum absolute atomic E-state index is 12.0. The number of nitrogens with one attached hydrogen (secondary N) is 1. The van der Waals surface area contributed by atoms with Gasteiger partial charge in [-0.25, -0.2) is 9.97 Å². The Labute approximate surface area is 175 Å². The molecule has 8 heteroatoms. The van der Waals surface area contributed by atoms with E-state index in [-0.39, 0.29) is 18.3 Å². The average Bonchev–Trinajstić information content (AvgIpc) is 2.71. The van der Waals surface area contributed by atoms with E-state index in [1.807, 2.05) is 44.2 Å². The number of piperidine rings is 1. The molecule has 1 aromatic carbocycles. The SMILES string of the molecule is Cc1cc(C)nc(SCC(=O)OCC(=O)Nc2ccc(N3CCCCC3)cc2)n1. The highest BCUT2D eigenvalue weighted by Crippen LogP contribution is 2.21. The normalized spacial score (nSPS) is 13.8. The fraction of sp³-hybridized carbons (Fsp3) is 0.429. The van der Waals surface area contributed by atoms with Crippen LogP contribution in [0.2, 0.25) is 0 Å². The Morgan fingerprint density at radius 3 is 2.38 bits per heavy atom. The van der Waals surface area contributed by atoms with Crippen LogP contribution in [0.1, 0.15) is 30.7 Å². The van der Waals surface area contributed by atoms with Crippen molar-refractivity contribution in [3.05, 3.63) is 41.7 Å². The van der Waals surface area contributed by atoms with E-state index in [1.54, 1.807) is 0 Å². The van der Waals surface area contributed by atoms with Crippen LogP contribution in [0.15, 0.2) is 35.5 Å². The fourth-order valence-electron chi connectivity index (χ4n) is 3.17. The zero-order valence-electron chi connectivity index (χ0n) is 16.8. The standard InChI is InChI=1S/C21H26N4O3S/c1-15-12-16(2)23-21(22-15)29-14-20(27)28-13-19(26)24-17-6-8-18(9-7-17)25-10-4-3-5-11-25/h6-9,12H,3-5,10-11,13-14H2,1-2H3,(H,24,26). The Hall–Kier alpha value is -2.61. The minimum Gasteiger partial charge on any atom is -0.455 e. The molecule has 1 amide bonds. The number of hydrogen-bond donors (Lipinski definition) is 1. The molecule has 2 aromatic rings. The van der Waals surface area contributed by atoms with Crippen LogP contribution in [0.4, 0.5) is 11.4 Å². The van der Waals surface area contributed by atoms with E-state index in [0.29, 0.717) is 10.8 Å². The number of anilines is 2. The number of rotatable bonds is 7. The molecule has 0 spiro atoms. The topological polar surface area (TPSA) is 84.4 Å². The number of benzene rings is 1. The molecule has 0 unspecified atom stereocenters.